The number of nitrogens with one attached hydrogen (secondary N) is 2. The number of piperazine rings is 1. The number of aromatic amines is 1. The minimum Gasteiger partial charge on any atom is -0.314 e. The molecule has 0 unspecified atom stereocenters. The Bertz CT molecular complexity index is 1430. The van der Waals surface area contributed by atoms with Crippen LogP contribution in [0.15, 0.2) is 49.3 Å². The summed E-state index contributed by atoms with van der Waals surface area (Å²) in [7, 11) is -3.56. The van der Waals surface area contributed by atoms with E-state index in [1.807, 2.05) is 6.07 Å². The fourth-order valence-corrected chi connectivity index (χ4v) is 5.77. The van der Waals surface area contributed by atoms with E-state index in [-0.39, 0.29) is 17.2 Å². The Kier molecular flexibility index (Phi) is 7.11. The molecule has 1 saturated heterocycles. The number of sulfone groups is 1. The van der Waals surface area contributed by atoms with Crippen LogP contribution >= 0.6 is 27.5 Å². The molecule has 3 aromatic rings. The highest BCUT2D eigenvalue weighted by atomic mass is 79.9. The van der Waals surface area contributed by atoms with E-state index in [0.717, 1.165) is 40.8 Å². The Morgan fingerprint density at radius 1 is 1.06 bits per heavy atom. The summed E-state index contributed by atoms with van der Waals surface area (Å²) in [6.07, 6.45) is 0. The summed E-state index contributed by atoms with van der Waals surface area (Å²) in [5, 5.41) is 3.98. The lowest BCUT2D eigenvalue weighted by Crippen LogP contribution is -2.43. The standard InChI is InChI=1S/C22H24BrClN4O4S/c1-2-33(31,32)20-4-3-16(24)9-15(20)13-28-21(29)17-11-18(23)14(10-19(17)26-22(28)30)12-27-7-5-25-6-8-27/h3-4,9-11,25H,2,5-8,12-13H2,1H3,(H,26,30). The van der Waals surface area contributed by atoms with Crippen LogP contribution in [0, 0.1) is 0 Å². The predicted molar refractivity (Wildman–Crippen MR) is 133 cm³/mol. The largest absolute Gasteiger partial charge is 0.329 e. The maximum Gasteiger partial charge on any atom is 0.329 e. The third-order valence-electron chi connectivity index (χ3n) is 5.82. The van der Waals surface area contributed by atoms with E-state index < -0.39 is 21.1 Å². The Balaban J connectivity index is 1.77. The fraction of sp³-hybridized carbons (Fsp3) is 0.364. The molecule has 0 spiro atoms. The molecule has 1 aromatic heterocycles. The zero-order chi connectivity index (χ0) is 23.8. The number of hydrogen-bond donors (Lipinski definition) is 2. The van der Waals surface area contributed by atoms with Crippen LogP contribution in [0.4, 0.5) is 0 Å². The topological polar surface area (TPSA) is 104 Å². The summed E-state index contributed by atoms with van der Waals surface area (Å²) in [6.45, 7) is 5.72. The minimum absolute atomic E-state index is 0.0633. The Morgan fingerprint density at radius 2 is 1.79 bits per heavy atom. The summed E-state index contributed by atoms with van der Waals surface area (Å²) in [5.74, 6) is -0.104. The van der Waals surface area contributed by atoms with Gasteiger partial charge in [-0.25, -0.2) is 13.2 Å². The molecule has 0 amide bonds. The molecule has 176 valence electrons. The lowest BCUT2D eigenvalue weighted by Gasteiger charge is -2.27. The van der Waals surface area contributed by atoms with Gasteiger partial charge in [0.05, 0.1) is 28.1 Å². The Hall–Kier alpha value is -1.98. The van der Waals surface area contributed by atoms with Crippen LogP contribution in [0.25, 0.3) is 10.9 Å². The normalized spacial score (nSPS) is 15.2. The number of fused-ring (bicyclic) bond motifs is 1. The van der Waals surface area contributed by atoms with Crippen molar-refractivity contribution in [1.82, 2.24) is 19.8 Å². The molecule has 0 atom stereocenters. The molecule has 0 radical (unpaired) electrons. The van der Waals surface area contributed by atoms with Gasteiger partial charge in [-0.2, -0.15) is 0 Å². The van der Waals surface area contributed by atoms with E-state index in [0.29, 0.717) is 28.0 Å². The van der Waals surface area contributed by atoms with Crippen molar-refractivity contribution < 1.29 is 8.42 Å². The predicted octanol–water partition coefficient (Wildman–Crippen LogP) is 2.35. The number of halogens is 2. The summed E-state index contributed by atoms with van der Waals surface area (Å²) >= 11 is 9.65. The average molecular weight is 556 g/mol. The van der Waals surface area contributed by atoms with Crippen LogP contribution in [-0.4, -0.2) is 54.8 Å². The molecule has 8 nitrogen and oxygen atoms in total. The SMILES string of the molecule is CCS(=O)(=O)c1ccc(Cl)cc1Cn1c(=O)[nH]c2cc(CN3CCNCC3)c(Br)cc2c1=O. The molecular formula is C22H24BrClN4O4S. The van der Waals surface area contributed by atoms with Crippen molar-refractivity contribution in [3.05, 3.63) is 71.8 Å². The maximum atomic E-state index is 13.2. The minimum atomic E-state index is -3.56. The number of nitrogens with zero attached hydrogens (tertiary/aromatic N) is 2. The first-order valence-electron chi connectivity index (χ1n) is 10.6. The molecule has 1 fully saturated rings. The van der Waals surface area contributed by atoms with Crippen LogP contribution in [0.3, 0.4) is 0 Å². The number of rotatable bonds is 6. The third kappa shape index (κ3) is 5.09. The first-order valence-corrected chi connectivity index (χ1v) is 13.4. The van der Waals surface area contributed by atoms with Crippen molar-refractivity contribution in [3.63, 3.8) is 0 Å². The van der Waals surface area contributed by atoms with Crippen molar-refractivity contribution in [2.45, 2.75) is 24.9 Å². The van der Waals surface area contributed by atoms with Gasteiger partial charge in [-0.15, -0.1) is 0 Å². The smallest absolute Gasteiger partial charge is 0.314 e. The molecule has 2 aromatic carbocycles. The van der Waals surface area contributed by atoms with E-state index in [1.54, 1.807) is 6.07 Å². The van der Waals surface area contributed by atoms with Gasteiger partial charge in [0.25, 0.3) is 5.56 Å². The highest BCUT2D eigenvalue weighted by Gasteiger charge is 2.20. The zero-order valence-corrected chi connectivity index (χ0v) is 21.2. The summed E-state index contributed by atoms with van der Waals surface area (Å²) in [4.78, 5) is 31.2. The van der Waals surface area contributed by atoms with Crippen LogP contribution in [0.2, 0.25) is 5.02 Å². The summed E-state index contributed by atoms with van der Waals surface area (Å²) in [6, 6.07) is 7.91. The van der Waals surface area contributed by atoms with Crippen LogP contribution in [0.5, 0.6) is 0 Å². The number of H-pyrrole nitrogens is 1. The average Bonchev–Trinajstić information content (AvgIpc) is 2.78. The van der Waals surface area contributed by atoms with Gasteiger partial charge in [-0.1, -0.05) is 34.5 Å². The zero-order valence-electron chi connectivity index (χ0n) is 18.0. The first kappa shape index (κ1) is 24.2. The molecule has 33 heavy (non-hydrogen) atoms. The molecule has 0 aliphatic carbocycles. The maximum absolute atomic E-state index is 13.2. The number of aromatic nitrogens is 2. The lowest BCUT2D eigenvalue weighted by molar-refractivity contribution is 0.233. The molecule has 0 saturated carbocycles. The van der Waals surface area contributed by atoms with Crippen LogP contribution < -0.4 is 16.6 Å². The second-order valence-electron chi connectivity index (χ2n) is 7.99. The highest BCUT2D eigenvalue weighted by Crippen LogP contribution is 2.24. The van der Waals surface area contributed by atoms with Crippen molar-refractivity contribution >= 4 is 48.3 Å². The van der Waals surface area contributed by atoms with Crippen molar-refractivity contribution in [2.24, 2.45) is 0 Å². The van der Waals surface area contributed by atoms with Gasteiger partial charge in [0.15, 0.2) is 9.84 Å². The van der Waals surface area contributed by atoms with Gasteiger partial charge in [0.2, 0.25) is 0 Å². The molecule has 2 heterocycles. The Labute approximate surface area is 204 Å². The van der Waals surface area contributed by atoms with E-state index in [4.69, 9.17) is 11.6 Å². The number of benzene rings is 2. The summed E-state index contributed by atoms with van der Waals surface area (Å²) in [5.41, 5.74) is 0.613. The second-order valence-corrected chi connectivity index (χ2v) is 11.5. The number of hydrogen-bond acceptors (Lipinski definition) is 6. The van der Waals surface area contributed by atoms with Gasteiger partial charge in [-0.3, -0.25) is 14.3 Å². The van der Waals surface area contributed by atoms with Gasteiger partial charge < -0.3 is 10.3 Å². The Morgan fingerprint density at radius 3 is 2.48 bits per heavy atom. The van der Waals surface area contributed by atoms with Crippen molar-refractivity contribution in [2.75, 3.05) is 31.9 Å². The van der Waals surface area contributed by atoms with E-state index in [9.17, 15) is 18.0 Å². The highest BCUT2D eigenvalue weighted by molar-refractivity contribution is 9.10. The monoisotopic (exact) mass is 554 g/mol. The van der Waals surface area contributed by atoms with Gasteiger partial charge >= 0.3 is 5.69 Å². The molecule has 1 aliphatic heterocycles. The van der Waals surface area contributed by atoms with Gasteiger partial charge in [0.1, 0.15) is 0 Å². The van der Waals surface area contributed by atoms with Crippen molar-refractivity contribution in [1.29, 1.82) is 0 Å². The van der Waals surface area contributed by atoms with Crippen LogP contribution in [-0.2, 0) is 22.9 Å². The van der Waals surface area contributed by atoms with E-state index in [2.05, 4.69) is 31.1 Å². The summed E-state index contributed by atoms with van der Waals surface area (Å²) < 4.78 is 26.8. The quantitative estimate of drug-likeness (QED) is 0.484. The van der Waals surface area contributed by atoms with Crippen molar-refractivity contribution in [3.8, 4) is 0 Å². The molecule has 2 N–H and O–H groups in total. The lowest BCUT2D eigenvalue weighted by atomic mass is 10.1. The molecule has 0 bridgehead atoms. The first-order chi connectivity index (χ1) is 15.7. The van der Waals surface area contributed by atoms with Gasteiger partial charge in [-0.05, 0) is 41.5 Å². The van der Waals surface area contributed by atoms with E-state index >= 15 is 0 Å². The van der Waals surface area contributed by atoms with Crippen LogP contribution in [0.1, 0.15) is 18.1 Å². The second kappa shape index (κ2) is 9.71. The molecule has 1 aliphatic rings. The molecule has 4 rings (SSSR count). The van der Waals surface area contributed by atoms with E-state index in [1.165, 1.54) is 25.1 Å². The molecular weight excluding hydrogens is 532 g/mol. The third-order valence-corrected chi connectivity index (χ3v) is 8.62. The molecule has 11 heteroatoms. The fourth-order valence-electron chi connectivity index (χ4n) is 3.99. The van der Waals surface area contributed by atoms with Gasteiger partial charge in [0, 0.05) is 42.2 Å².